The molecule has 2 N–H and O–H groups in total. The van der Waals surface area contributed by atoms with E-state index in [0.29, 0.717) is 11.7 Å². The minimum Gasteiger partial charge on any atom is -0.338 e. The molecule has 0 radical (unpaired) electrons. The van der Waals surface area contributed by atoms with Crippen molar-refractivity contribution in [2.75, 3.05) is 13.1 Å². The molecule has 110 valence electrons. The molecule has 0 atom stereocenters. The van der Waals surface area contributed by atoms with Gasteiger partial charge in [0.1, 0.15) is 0 Å². The molecule has 5 nitrogen and oxygen atoms in total. The van der Waals surface area contributed by atoms with Gasteiger partial charge in [-0.05, 0) is 45.7 Å². The molecule has 1 saturated heterocycles. The van der Waals surface area contributed by atoms with Gasteiger partial charge in [0.2, 0.25) is 5.89 Å². The van der Waals surface area contributed by atoms with Crippen molar-refractivity contribution in [2.45, 2.75) is 52.1 Å². The second-order valence-electron chi connectivity index (χ2n) is 5.86. The highest BCUT2D eigenvalue weighted by molar-refractivity contribution is 5.85. The van der Waals surface area contributed by atoms with Crippen LogP contribution in [0.25, 0.3) is 0 Å². The Labute approximate surface area is 121 Å². The van der Waals surface area contributed by atoms with Crippen molar-refractivity contribution >= 4 is 12.4 Å². The van der Waals surface area contributed by atoms with Crippen LogP contribution in [0.3, 0.4) is 0 Å². The summed E-state index contributed by atoms with van der Waals surface area (Å²) in [5.74, 6) is 2.15. The molecule has 0 amide bonds. The molecule has 0 bridgehead atoms. The molecule has 6 heteroatoms. The SMILES string of the molecule is CCC1CCN(Cc2nc(C(C)(C)N)no2)CC1.Cl. The van der Waals surface area contributed by atoms with E-state index >= 15 is 0 Å². The number of hydrogen-bond donors (Lipinski definition) is 1. The van der Waals surface area contributed by atoms with E-state index in [4.69, 9.17) is 10.3 Å². The van der Waals surface area contributed by atoms with Gasteiger partial charge in [-0.3, -0.25) is 4.90 Å². The van der Waals surface area contributed by atoms with Crippen molar-refractivity contribution in [2.24, 2.45) is 11.7 Å². The Bertz CT molecular complexity index is 380. The van der Waals surface area contributed by atoms with Gasteiger partial charge < -0.3 is 10.3 Å². The molecule has 19 heavy (non-hydrogen) atoms. The minimum atomic E-state index is -0.531. The van der Waals surface area contributed by atoms with E-state index in [1.807, 2.05) is 13.8 Å². The Hall–Kier alpha value is -0.650. The normalized spacial score (nSPS) is 18.3. The van der Waals surface area contributed by atoms with E-state index in [-0.39, 0.29) is 12.4 Å². The van der Waals surface area contributed by atoms with E-state index in [1.54, 1.807) is 0 Å². The van der Waals surface area contributed by atoms with Gasteiger partial charge in [0.05, 0.1) is 12.1 Å². The van der Waals surface area contributed by atoms with E-state index in [2.05, 4.69) is 22.0 Å². The zero-order chi connectivity index (χ0) is 13.2. The average molecular weight is 289 g/mol. The first-order valence-corrected chi connectivity index (χ1v) is 6.83. The first-order valence-electron chi connectivity index (χ1n) is 6.83. The molecular formula is C13H25ClN4O. The molecular weight excluding hydrogens is 264 g/mol. The lowest BCUT2D eigenvalue weighted by Crippen LogP contribution is -2.33. The summed E-state index contributed by atoms with van der Waals surface area (Å²) in [6.45, 7) is 9.04. The quantitative estimate of drug-likeness (QED) is 0.921. The number of rotatable bonds is 4. The van der Waals surface area contributed by atoms with Crippen molar-refractivity contribution in [3.8, 4) is 0 Å². The van der Waals surface area contributed by atoms with Gasteiger partial charge >= 0.3 is 0 Å². The third kappa shape index (κ3) is 4.44. The van der Waals surface area contributed by atoms with Crippen LogP contribution in [0.5, 0.6) is 0 Å². The van der Waals surface area contributed by atoms with E-state index < -0.39 is 5.54 Å². The highest BCUT2D eigenvalue weighted by atomic mass is 35.5. The van der Waals surface area contributed by atoms with Crippen LogP contribution in [0.1, 0.15) is 51.7 Å². The van der Waals surface area contributed by atoms with Crippen LogP contribution in [-0.4, -0.2) is 28.1 Å². The molecule has 0 saturated carbocycles. The molecule has 1 fully saturated rings. The largest absolute Gasteiger partial charge is 0.338 e. The molecule has 0 unspecified atom stereocenters. The second kappa shape index (κ2) is 6.68. The number of nitrogens with zero attached hydrogens (tertiary/aromatic N) is 3. The maximum atomic E-state index is 5.94. The lowest BCUT2D eigenvalue weighted by Gasteiger charge is -2.30. The Balaban J connectivity index is 0.00000180. The summed E-state index contributed by atoms with van der Waals surface area (Å²) in [5, 5.41) is 3.95. The minimum absolute atomic E-state index is 0. The topological polar surface area (TPSA) is 68.2 Å². The lowest BCUT2D eigenvalue weighted by atomic mass is 9.94. The first-order chi connectivity index (χ1) is 8.49. The molecule has 2 rings (SSSR count). The van der Waals surface area contributed by atoms with Crippen molar-refractivity contribution in [3.63, 3.8) is 0 Å². The molecule has 2 heterocycles. The van der Waals surface area contributed by atoms with Gasteiger partial charge in [0.25, 0.3) is 0 Å². The van der Waals surface area contributed by atoms with Gasteiger partial charge in [0.15, 0.2) is 5.82 Å². The zero-order valence-corrected chi connectivity index (χ0v) is 12.9. The van der Waals surface area contributed by atoms with Crippen LogP contribution in [0, 0.1) is 5.92 Å². The highest BCUT2D eigenvalue weighted by Gasteiger charge is 2.23. The molecule has 0 aliphatic carbocycles. The summed E-state index contributed by atoms with van der Waals surface area (Å²) < 4.78 is 5.26. The Morgan fingerprint density at radius 2 is 2.00 bits per heavy atom. The smallest absolute Gasteiger partial charge is 0.240 e. The molecule has 0 spiro atoms. The number of piperidine rings is 1. The maximum Gasteiger partial charge on any atom is 0.240 e. The van der Waals surface area contributed by atoms with Crippen molar-refractivity contribution in [1.82, 2.24) is 15.0 Å². The summed E-state index contributed by atoms with van der Waals surface area (Å²) >= 11 is 0. The highest BCUT2D eigenvalue weighted by Crippen LogP contribution is 2.21. The summed E-state index contributed by atoms with van der Waals surface area (Å²) in [6, 6.07) is 0. The molecule has 0 aromatic carbocycles. The number of aromatic nitrogens is 2. The summed E-state index contributed by atoms with van der Waals surface area (Å²) in [5.41, 5.74) is 5.41. The first kappa shape index (κ1) is 16.4. The number of hydrogen-bond acceptors (Lipinski definition) is 5. The van der Waals surface area contributed by atoms with Gasteiger partial charge in [0, 0.05) is 0 Å². The van der Waals surface area contributed by atoms with Crippen molar-refractivity contribution < 1.29 is 4.52 Å². The van der Waals surface area contributed by atoms with Crippen LogP contribution in [0.4, 0.5) is 0 Å². The zero-order valence-electron chi connectivity index (χ0n) is 12.1. The average Bonchev–Trinajstić information content (AvgIpc) is 2.78. The van der Waals surface area contributed by atoms with Crippen LogP contribution < -0.4 is 5.73 Å². The van der Waals surface area contributed by atoms with Crippen LogP contribution in [0.15, 0.2) is 4.52 Å². The van der Waals surface area contributed by atoms with Crippen molar-refractivity contribution in [1.29, 1.82) is 0 Å². The maximum absolute atomic E-state index is 5.94. The molecule has 1 aliphatic heterocycles. The fraction of sp³-hybridized carbons (Fsp3) is 0.846. The summed E-state index contributed by atoms with van der Waals surface area (Å²) in [7, 11) is 0. The summed E-state index contributed by atoms with van der Waals surface area (Å²) in [6.07, 6.45) is 3.85. The number of likely N-dealkylation sites (tertiary alicyclic amines) is 1. The van der Waals surface area contributed by atoms with Crippen LogP contribution >= 0.6 is 12.4 Å². The number of halogens is 1. The monoisotopic (exact) mass is 288 g/mol. The second-order valence-corrected chi connectivity index (χ2v) is 5.86. The number of nitrogens with two attached hydrogens (primary N) is 1. The predicted molar refractivity (Wildman–Crippen MR) is 77.1 cm³/mol. The van der Waals surface area contributed by atoms with Crippen LogP contribution in [-0.2, 0) is 12.1 Å². The standard InChI is InChI=1S/C13H24N4O.ClH/c1-4-10-5-7-17(8-6-10)9-11-15-12(16-18-11)13(2,3)14;/h10H,4-9,14H2,1-3H3;1H. The van der Waals surface area contributed by atoms with Gasteiger partial charge in [-0.15, -0.1) is 12.4 Å². The summed E-state index contributed by atoms with van der Waals surface area (Å²) in [4.78, 5) is 6.75. The lowest BCUT2D eigenvalue weighted by molar-refractivity contribution is 0.157. The Morgan fingerprint density at radius 1 is 1.37 bits per heavy atom. The van der Waals surface area contributed by atoms with Gasteiger partial charge in [-0.2, -0.15) is 4.98 Å². The van der Waals surface area contributed by atoms with E-state index in [1.165, 1.54) is 19.3 Å². The third-order valence-corrected chi connectivity index (χ3v) is 3.69. The third-order valence-electron chi connectivity index (χ3n) is 3.69. The van der Waals surface area contributed by atoms with E-state index in [9.17, 15) is 0 Å². The Morgan fingerprint density at radius 3 is 2.47 bits per heavy atom. The van der Waals surface area contributed by atoms with Gasteiger partial charge in [-0.1, -0.05) is 18.5 Å². The molecule has 1 aromatic rings. The fourth-order valence-electron chi connectivity index (χ4n) is 2.32. The molecule has 1 aliphatic rings. The molecule has 1 aromatic heterocycles. The Kier molecular flexibility index (Phi) is 5.77. The van der Waals surface area contributed by atoms with Crippen molar-refractivity contribution in [3.05, 3.63) is 11.7 Å². The predicted octanol–water partition coefficient (Wildman–Crippen LogP) is 2.31. The fourth-order valence-corrected chi connectivity index (χ4v) is 2.32. The van der Waals surface area contributed by atoms with Gasteiger partial charge in [-0.25, -0.2) is 0 Å². The van der Waals surface area contributed by atoms with Crippen LogP contribution in [0.2, 0.25) is 0 Å². The van der Waals surface area contributed by atoms with E-state index in [0.717, 1.165) is 25.6 Å².